The van der Waals surface area contributed by atoms with Crippen molar-refractivity contribution in [1.29, 1.82) is 5.26 Å². The number of aliphatic imine (C=N–C) groups is 1. The van der Waals surface area contributed by atoms with Crippen LogP contribution in [0.1, 0.15) is 31.2 Å². The van der Waals surface area contributed by atoms with Crippen LogP contribution in [0.25, 0.3) is 0 Å². The molecule has 1 aliphatic carbocycles. The van der Waals surface area contributed by atoms with Crippen LogP contribution < -0.4 is 0 Å². The van der Waals surface area contributed by atoms with Crippen LogP contribution >= 0.6 is 0 Å². The Kier molecular flexibility index (Phi) is 3.71. The molecule has 16 heavy (non-hydrogen) atoms. The average Bonchev–Trinajstić information content (AvgIpc) is 2.38. The molecule has 1 unspecified atom stereocenters. The second-order valence-electron chi connectivity index (χ2n) is 4.29. The van der Waals surface area contributed by atoms with Crippen molar-refractivity contribution in [3.8, 4) is 6.07 Å². The van der Waals surface area contributed by atoms with E-state index in [0.717, 1.165) is 32.2 Å². The standard InChI is InChI=1S/C14H16N2/c15-10-13-7-4-8-14(9-13)16-11-12-5-2-1-3-6-12/h1-3,5-6,13H,4,7-9,11H2. The quantitative estimate of drug-likeness (QED) is 0.740. The molecule has 2 nitrogen and oxygen atoms in total. The molecule has 2 rings (SSSR count). The lowest BCUT2D eigenvalue weighted by atomic mass is 9.89. The van der Waals surface area contributed by atoms with Crippen LogP contribution in [-0.4, -0.2) is 5.71 Å². The van der Waals surface area contributed by atoms with E-state index in [1.165, 1.54) is 11.3 Å². The molecule has 0 bridgehead atoms. The lowest BCUT2D eigenvalue weighted by Crippen LogP contribution is -2.13. The second-order valence-corrected chi connectivity index (χ2v) is 4.29. The molecule has 0 aliphatic heterocycles. The monoisotopic (exact) mass is 212 g/mol. The van der Waals surface area contributed by atoms with Crippen LogP contribution in [0.3, 0.4) is 0 Å². The van der Waals surface area contributed by atoms with Crippen molar-refractivity contribution in [2.45, 2.75) is 32.2 Å². The van der Waals surface area contributed by atoms with Crippen LogP contribution in [0, 0.1) is 17.2 Å². The van der Waals surface area contributed by atoms with Gasteiger partial charge in [-0.2, -0.15) is 5.26 Å². The van der Waals surface area contributed by atoms with E-state index in [4.69, 9.17) is 5.26 Å². The predicted octanol–water partition coefficient (Wildman–Crippen LogP) is 3.34. The maximum atomic E-state index is 8.89. The average molecular weight is 212 g/mol. The van der Waals surface area contributed by atoms with Crippen molar-refractivity contribution >= 4 is 5.71 Å². The maximum absolute atomic E-state index is 8.89. The van der Waals surface area contributed by atoms with E-state index in [2.05, 4.69) is 23.2 Å². The van der Waals surface area contributed by atoms with Gasteiger partial charge in [0.15, 0.2) is 0 Å². The van der Waals surface area contributed by atoms with Crippen LogP contribution in [-0.2, 0) is 6.54 Å². The van der Waals surface area contributed by atoms with E-state index in [9.17, 15) is 0 Å². The van der Waals surface area contributed by atoms with Gasteiger partial charge >= 0.3 is 0 Å². The van der Waals surface area contributed by atoms with Crippen molar-refractivity contribution < 1.29 is 0 Å². The zero-order valence-electron chi connectivity index (χ0n) is 9.39. The summed E-state index contributed by atoms with van der Waals surface area (Å²) >= 11 is 0. The molecule has 1 atom stereocenters. The zero-order chi connectivity index (χ0) is 11.2. The summed E-state index contributed by atoms with van der Waals surface area (Å²) in [5.74, 6) is 0.197. The highest BCUT2D eigenvalue weighted by Gasteiger charge is 2.16. The fourth-order valence-electron chi connectivity index (χ4n) is 2.08. The normalized spacial score (nSPS) is 22.9. The SMILES string of the molecule is N#CC1CCCC(=NCc2ccccc2)C1. The maximum Gasteiger partial charge on any atom is 0.0659 e. The van der Waals surface area contributed by atoms with Gasteiger partial charge in [0.1, 0.15) is 0 Å². The van der Waals surface area contributed by atoms with Gasteiger partial charge in [-0.3, -0.25) is 4.99 Å². The summed E-state index contributed by atoms with van der Waals surface area (Å²) in [5.41, 5.74) is 2.47. The van der Waals surface area contributed by atoms with E-state index in [1.807, 2.05) is 18.2 Å². The molecular formula is C14H16N2. The lowest BCUT2D eigenvalue weighted by molar-refractivity contribution is 0.557. The molecule has 1 aromatic carbocycles. The molecule has 82 valence electrons. The second kappa shape index (κ2) is 5.46. The Morgan fingerprint density at radius 2 is 2.12 bits per heavy atom. The molecule has 0 spiro atoms. The first-order chi connectivity index (χ1) is 7.88. The summed E-state index contributed by atoms with van der Waals surface area (Å²) in [4.78, 5) is 4.62. The molecule has 0 heterocycles. The summed E-state index contributed by atoms with van der Waals surface area (Å²) in [6.45, 7) is 0.758. The van der Waals surface area contributed by atoms with E-state index in [-0.39, 0.29) is 5.92 Å². The molecule has 0 radical (unpaired) electrons. The highest BCUT2D eigenvalue weighted by molar-refractivity contribution is 5.85. The van der Waals surface area contributed by atoms with Crippen LogP contribution in [0.15, 0.2) is 35.3 Å². The third kappa shape index (κ3) is 2.93. The molecule has 1 aliphatic rings. The Balaban J connectivity index is 1.95. The number of benzene rings is 1. The summed E-state index contributed by atoms with van der Waals surface area (Å²) < 4.78 is 0. The van der Waals surface area contributed by atoms with E-state index < -0.39 is 0 Å². The summed E-state index contributed by atoms with van der Waals surface area (Å²) in [6, 6.07) is 12.6. The third-order valence-electron chi connectivity index (χ3n) is 3.01. The summed E-state index contributed by atoms with van der Waals surface area (Å²) in [6.07, 6.45) is 4.11. The van der Waals surface area contributed by atoms with Gasteiger partial charge in [0, 0.05) is 12.1 Å². The van der Waals surface area contributed by atoms with Crippen molar-refractivity contribution in [2.24, 2.45) is 10.9 Å². The highest BCUT2D eigenvalue weighted by atomic mass is 14.7. The van der Waals surface area contributed by atoms with Crippen LogP contribution in [0.2, 0.25) is 0 Å². The number of nitrogens with zero attached hydrogens (tertiary/aromatic N) is 2. The predicted molar refractivity (Wildman–Crippen MR) is 65.2 cm³/mol. The molecule has 0 aromatic heterocycles. The topological polar surface area (TPSA) is 36.1 Å². The van der Waals surface area contributed by atoms with Gasteiger partial charge in [0.05, 0.1) is 18.5 Å². The third-order valence-corrected chi connectivity index (χ3v) is 3.01. The Morgan fingerprint density at radius 3 is 2.88 bits per heavy atom. The highest BCUT2D eigenvalue weighted by Crippen LogP contribution is 2.21. The van der Waals surface area contributed by atoms with Gasteiger partial charge in [0.25, 0.3) is 0 Å². The molecule has 0 amide bonds. The Hall–Kier alpha value is -1.62. The molecule has 1 aromatic rings. The van der Waals surface area contributed by atoms with E-state index in [1.54, 1.807) is 0 Å². The fraction of sp³-hybridized carbons (Fsp3) is 0.429. The minimum atomic E-state index is 0.197. The Labute approximate surface area is 96.6 Å². The minimum absolute atomic E-state index is 0.197. The first kappa shape index (κ1) is 10.9. The smallest absolute Gasteiger partial charge is 0.0659 e. The molecule has 2 heteroatoms. The van der Waals surface area contributed by atoms with Gasteiger partial charge in [-0.25, -0.2) is 0 Å². The summed E-state index contributed by atoms with van der Waals surface area (Å²) in [7, 11) is 0. The molecular weight excluding hydrogens is 196 g/mol. The van der Waals surface area contributed by atoms with Gasteiger partial charge in [-0.1, -0.05) is 30.3 Å². The van der Waals surface area contributed by atoms with Gasteiger partial charge in [0.2, 0.25) is 0 Å². The number of hydrogen-bond donors (Lipinski definition) is 0. The van der Waals surface area contributed by atoms with Crippen molar-refractivity contribution in [3.63, 3.8) is 0 Å². The number of rotatable bonds is 2. The van der Waals surface area contributed by atoms with Crippen molar-refractivity contribution in [2.75, 3.05) is 0 Å². The molecule has 0 saturated heterocycles. The van der Waals surface area contributed by atoms with Crippen LogP contribution in [0.5, 0.6) is 0 Å². The Bertz CT molecular complexity index is 400. The first-order valence-electron chi connectivity index (χ1n) is 5.84. The fourth-order valence-corrected chi connectivity index (χ4v) is 2.08. The van der Waals surface area contributed by atoms with Gasteiger partial charge in [-0.05, 0) is 24.8 Å². The number of nitriles is 1. The minimum Gasteiger partial charge on any atom is -0.289 e. The van der Waals surface area contributed by atoms with Gasteiger partial charge in [-0.15, -0.1) is 0 Å². The number of hydrogen-bond acceptors (Lipinski definition) is 2. The van der Waals surface area contributed by atoms with Crippen LogP contribution in [0.4, 0.5) is 0 Å². The van der Waals surface area contributed by atoms with Crippen molar-refractivity contribution in [1.82, 2.24) is 0 Å². The van der Waals surface area contributed by atoms with E-state index in [0.29, 0.717) is 0 Å². The summed E-state index contributed by atoms with van der Waals surface area (Å²) in [5, 5.41) is 8.89. The van der Waals surface area contributed by atoms with Crippen molar-refractivity contribution in [3.05, 3.63) is 35.9 Å². The zero-order valence-corrected chi connectivity index (χ0v) is 9.39. The largest absolute Gasteiger partial charge is 0.289 e. The first-order valence-corrected chi connectivity index (χ1v) is 5.84. The molecule has 1 fully saturated rings. The Morgan fingerprint density at radius 1 is 1.31 bits per heavy atom. The molecule has 1 saturated carbocycles. The van der Waals surface area contributed by atoms with Gasteiger partial charge < -0.3 is 0 Å². The van der Waals surface area contributed by atoms with E-state index >= 15 is 0 Å². The lowest BCUT2D eigenvalue weighted by Gasteiger charge is -2.17. The molecule has 0 N–H and O–H groups in total.